The van der Waals surface area contributed by atoms with Crippen molar-refractivity contribution in [2.45, 2.75) is 0 Å². The molecule has 0 aliphatic heterocycles. The molecule has 0 atom stereocenters. The molecule has 2 aromatic rings. The Morgan fingerprint density at radius 3 is 2.60 bits per heavy atom. The van der Waals surface area contributed by atoms with Crippen molar-refractivity contribution in [1.82, 2.24) is 0 Å². The molecule has 0 aliphatic carbocycles. The average Bonchev–Trinajstić information content (AvgIpc) is 2.42. The van der Waals surface area contributed by atoms with Gasteiger partial charge in [-0.2, -0.15) is 0 Å². The Bertz CT molecular complexity index is 641. The summed E-state index contributed by atoms with van der Waals surface area (Å²) < 4.78 is 0.759. The van der Waals surface area contributed by atoms with Crippen LogP contribution in [0.25, 0.3) is 0 Å². The van der Waals surface area contributed by atoms with Gasteiger partial charge in [-0.3, -0.25) is 4.79 Å². The second-order valence-corrected chi connectivity index (χ2v) is 5.49. The number of anilines is 3. The molecule has 5 heteroatoms. The van der Waals surface area contributed by atoms with Crippen LogP contribution in [0.1, 0.15) is 10.4 Å². The van der Waals surface area contributed by atoms with Crippen LogP contribution in [0.5, 0.6) is 0 Å². The van der Waals surface area contributed by atoms with E-state index in [1.807, 2.05) is 37.2 Å². The molecule has 2 aromatic carbocycles. The number of nitrogens with two attached hydrogens (primary N) is 1. The Hall–Kier alpha value is -2.01. The molecule has 0 radical (unpaired) electrons. The molecule has 0 aliphatic rings. The molecule has 0 aromatic heterocycles. The third kappa shape index (κ3) is 3.30. The van der Waals surface area contributed by atoms with E-state index in [9.17, 15) is 4.79 Å². The van der Waals surface area contributed by atoms with E-state index >= 15 is 0 Å². The highest BCUT2D eigenvalue weighted by Crippen LogP contribution is 2.25. The first-order valence-corrected chi connectivity index (χ1v) is 6.90. The van der Waals surface area contributed by atoms with Gasteiger partial charge in [0.2, 0.25) is 0 Å². The van der Waals surface area contributed by atoms with Crippen LogP contribution in [-0.2, 0) is 0 Å². The van der Waals surface area contributed by atoms with Gasteiger partial charge in [-0.15, -0.1) is 0 Å². The Balaban J connectivity index is 2.21. The van der Waals surface area contributed by atoms with E-state index in [-0.39, 0.29) is 5.91 Å². The number of nitrogen functional groups attached to an aromatic ring is 1. The number of nitrogens with zero attached hydrogens (tertiary/aromatic N) is 1. The zero-order valence-corrected chi connectivity index (χ0v) is 12.9. The lowest BCUT2D eigenvalue weighted by atomic mass is 10.1. The monoisotopic (exact) mass is 333 g/mol. The lowest BCUT2D eigenvalue weighted by molar-refractivity contribution is 0.102. The normalized spacial score (nSPS) is 10.2. The van der Waals surface area contributed by atoms with E-state index in [2.05, 4.69) is 21.2 Å². The third-order valence-electron chi connectivity index (χ3n) is 2.87. The Labute approximate surface area is 126 Å². The van der Waals surface area contributed by atoms with Crippen LogP contribution in [-0.4, -0.2) is 20.0 Å². The van der Waals surface area contributed by atoms with Gasteiger partial charge in [0, 0.05) is 35.5 Å². The predicted molar refractivity (Wildman–Crippen MR) is 87.3 cm³/mol. The Morgan fingerprint density at radius 2 is 1.95 bits per heavy atom. The molecule has 0 fully saturated rings. The van der Waals surface area contributed by atoms with Gasteiger partial charge in [0.05, 0.1) is 5.69 Å². The molecule has 0 heterocycles. The van der Waals surface area contributed by atoms with Crippen LogP contribution < -0.4 is 16.0 Å². The molecule has 0 saturated carbocycles. The summed E-state index contributed by atoms with van der Waals surface area (Å²) in [6.45, 7) is 0. The lowest BCUT2D eigenvalue weighted by Crippen LogP contribution is -2.14. The molecular formula is C15H16BrN3O. The zero-order valence-electron chi connectivity index (χ0n) is 11.4. The average molecular weight is 334 g/mol. The van der Waals surface area contributed by atoms with Gasteiger partial charge >= 0.3 is 0 Å². The fourth-order valence-corrected chi connectivity index (χ4v) is 2.25. The highest BCUT2D eigenvalue weighted by atomic mass is 79.9. The highest BCUT2D eigenvalue weighted by Gasteiger charge is 2.09. The van der Waals surface area contributed by atoms with E-state index in [4.69, 9.17) is 5.73 Å². The summed E-state index contributed by atoms with van der Waals surface area (Å²) in [6, 6.07) is 12.7. The van der Waals surface area contributed by atoms with E-state index in [1.165, 1.54) is 0 Å². The number of amides is 1. The maximum Gasteiger partial charge on any atom is 0.255 e. The van der Waals surface area contributed by atoms with Crippen LogP contribution in [0.3, 0.4) is 0 Å². The summed E-state index contributed by atoms with van der Waals surface area (Å²) in [4.78, 5) is 14.2. The largest absolute Gasteiger partial charge is 0.399 e. The number of carbonyl (C=O) groups is 1. The van der Waals surface area contributed by atoms with Gasteiger partial charge in [-0.25, -0.2) is 0 Å². The predicted octanol–water partition coefficient (Wildman–Crippen LogP) is 3.35. The van der Waals surface area contributed by atoms with Crippen LogP contribution in [0, 0.1) is 0 Å². The molecule has 1 amide bonds. The molecule has 3 N–H and O–H groups in total. The fraction of sp³-hybridized carbons (Fsp3) is 0.133. The molecule has 0 unspecified atom stereocenters. The topological polar surface area (TPSA) is 58.4 Å². The number of rotatable bonds is 3. The van der Waals surface area contributed by atoms with E-state index < -0.39 is 0 Å². The summed E-state index contributed by atoms with van der Waals surface area (Å²) in [6.07, 6.45) is 0. The van der Waals surface area contributed by atoms with Gasteiger partial charge in [0.25, 0.3) is 5.91 Å². The minimum absolute atomic E-state index is 0.154. The summed E-state index contributed by atoms with van der Waals surface area (Å²) in [5.74, 6) is -0.154. The van der Waals surface area contributed by atoms with Crippen molar-refractivity contribution in [3.8, 4) is 0 Å². The molecular weight excluding hydrogens is 318 g/mol. The number of benzene rings is 2. The standard InChI is InChI=1S/C15H16BrN3O/c1-19(2)12-5-3-4-10(8-12)15(20)18-14-7-6-11(17)9-13(14)16/h3-9H,17H2,1-2H3,(H,18,20). The van der Waals surface area contributed by atoms with Crippen molar-refractivity contribution in [2.75, 3.05) is 30.0 Å². The third-order valence-corrected chi connectivity index (χ3v) is 3.52. The fourth-order valence-electron chi connectivity index (χ4n) is 1.75. The second kappa shape index (κ2) is 5.96. The maximum atomic E-state index is 12.2. The molecule has 104 valence electrons. The van der Waals surface area contributed by atoms with Crippen LogP contribution >= 0.6 is 15.9 Å². The van der Waals surface area contributed by atoms with Crippen LogP contribution in [0.15, 0.2) is 46.9 Å². The first-order chi connectivity index (χ1) is 9.47. The molecule has 0 spiro atoms. The summed E-state index contributed by atoms with van der Waals surface area (Å²) in [7, 11) is 3.88. The number of nitrogens with one attached hydrogen (secondary N) is 1. The van der Waals surface area contributed by atoms with Crippen molar-refractivity contribution in [2.24, 2.45) is 0 Å². The first-order valence-electron chi connectivity index (χ1n) is 6.11. The molecule has 4 nitrogen and oxygen atoms in total. The number of carbonyl (C=O) groups excluding carboxylic acids is 1. The molecule has 0 bridgehead atoms. The molecule has 2 rings (SSSR count). The van der Waals surface area contributed by atoms with Gasteiger partial charge in [-0.1, -0.05) is 6.07 Å². The van der Waals surface area contributed by atoms with E-state index in [1.54, 1.807) is 24.3 Å². The van der Waals surface area contributed by atoms with Gasteiger partial charge in [0.1, 0.15) is 0 Å². The van der Waals surface area contributed by atoms with Crippen LogP contribution in [0.2, 0.25) is 0 Å². The summed E-state index contributed by atoms with van der Waals surface area (Å²) in [5, 5.41) is 2.86. The lowest BCUT2D eigenvalue weighted by Gasteiger charge is -2.14. The number of hydrogen-bond donors (Lipinski definition) is 2. The summed E-state index contributed by atoms with van der Waals surface area (Å²) in [5.41, 5.74) is 8.60. The quantitative estimate of drug-likeness (QED) is 0.847. The van der Waals surface area contributed by atoms with Crippen molar-refractivity contribution in [1.29, 1.82) is 0 Å². The van der Waals surface area contributed by atoms with Gasteiger partial charge in [0.15, 0.2) is 0 Å². The molecule has 0 saturated heterocycles. The Morgan fingerprint density at radius 1 is 1.20 bits per heavy atom. The summed E-state index contributed by atoms with van der Waals surface area (Å²) >= 11 is 3.38. The van der Waals surface area contributed by atoms with E-state index in [0.29, 0.717) is 16.9 Å². The van der Waals surface area contributed by atoms with Crippen molar-refractivity contribution in [3.05, 3.63) is 52.5 Å². The van der Waals surface area contributed by atoms with E-state index in [0.717, 1.165) is 10.2 Å². The van der Waals surface area contributed by atoms with Crippen molar-refractivity contribution < 1.29 is 4.79 Å². The molecule has 20 heavy (non-hydrogen) atoms. The van der Waals surface area contributed by atoms with Crippen molar-refractivity contribution >= 4 is 38.9 Å². The SMILES string of the molecule is CN(C)c1cccc(C(=O)Nc2ccc(N)cc2Br)c1. The Kier molecular flexibility index (Phi) is 4.29. The van der Waals surface area contributed by atoms with Crippen molar-refractivity contribution in [3.63, 3.8) is 0 Å². The maximum absolute atomic E-state index is 12.2. The zero-order chi connectivity index (χ0) is 14.7. The van der Waals surface area contributed by atoms with Crippen LogP contribution in [0.4, 0.5) is 17.1 Å². The van der Waals surface area contributed by atoms with Gasteiger partial charge in [-0.05, 0) is 52.3 Å². The number of hydrogen-bond acceptors (Lipinski definition) is 3. The van der Waals surface area contributed by atoms with Gasteiger partial charge < -0.3 is 16.0 Å². The second-order valence-electron chi connectivity index (χ2n) is 4.64. The highest BCUT2D eigenvalue weighted by molar-refractivity contribution is 9.10. The minimum Gasteiger partial charge on any atom is -0.399 e. The smallest absolute Gasteiger partial charge is 0.255 e. The number of halogens is 1. The first kappa shape index (κ1) is 14.4. The minimum atomic E-state index is -0.154.